The number of amides is 2. The van der Waals surface area contributed by atoms with Crippen LogP contribution in [0.3, 0.4) is 0 Å². The van der Waals surface area contributed by atoms with Crippen molar-refractivity contribution < 1.29 is 19.1 Å². The maximum absolute atomic E-state index is 12.1. The third kappa shape index (κ3) is 7.05. The largest absolute Gasteiger partial charge is 0.466 e. The minimum absolute atomic E-state index is 0.00366. The molecule has 0 bridgehead atoms. The fourth-order valence-electron chi connectivity index (χ4n) is 1.76. The number of thiazole rings is 1. The molecule has 0 fully saturated rings. The molecule has 0 aliphatic carbocycles. The van der Waals surface area contributed by atoms with E-state index in [1.807, 2.05) is 6.92 Å². The number of hydrogen-bond donors (Lipinski definition) is 1. The number of aromatic nitrogens is 1. The smallest absolute Gasteiger partial charge is 0.306 e. The first-order valence-electron chi connectivity index (χ1n) is 7.22. The Hall–Kier alpha value is -2.22. The molecule has 23 heavy (non-hydrogen) atoms. The molecule has 1 heterocycles. The molecule has 0 spiro atoms. The van der Waals surface area contributed by atoms with Crippen molar-refractivity contribution in [2.75, 3.05) is 25.0 Å². The molecule has 126 valence electrons. The van der Waals surface area contributed by atoms with Gasteiger partial charge in [0.05, 0.1) is 13.0 Å². The number of carbonyl (C=O) groups is 3. The molecule has 0 atom stereocenters. The van der Waals surface area contributed by atoms with Gasteiger partial charge in [-0.1, -0.05) is 6.08 Å². The highest BCUT2D eigenvalue weighted by molar-refractivity contribution is 7.15. The number of ether oxygens (including phenoxy) is 1. The summed E-state index contributed by atoms with van der Waals surface area (Å²) in [4.78, 5) is 41.7. The molecule has 8 heteroatoms. The quantitative estimate of drug-likeness (QED) is 0.547. The highest BCUT2D eigenvalue weighted by Crippen LogP contribution is 2.16. The molecule has 7 nitrogen and oxygen atoms in total. The van der Waals surface area contributed by atoms with Gasteiger partial charge in [0.15, 0.2) is 5.13 Å². The number of nitrogens with one attached hydrogen (secondary N) is 1. The molecule has 0 saturated carbocycles. The number of nitrogens with zero attached hydrogens (tertiary/aromatic N) is 2. The lowest BCUT2D eigenvalue weighted by Gasteiger charge is -2.20. The summed E-state index contributed by atoms with van der Waals surface area (Å²) in [5, 5.41) is 3.13. The van der Waals surface area contributed by atoms with E-state index in [1.165, 1.54) is 22.3 Å². The summed E-state index contributed by atoms with van der Waals surface area (Å²) in [6.45, 7) is 7.55. The first kappa shape index (κ1) is 18.8. The number of esters is 1. The standard InChI is InChI=1S/C15H21N3O4S/c1-4-8-18(13(20)6-7-14(21)22-5-2)10-12(19)17-15-16-9-11(3)23-15/h4,9H,1,5-8,10H2,2-3H3,(H,16,17,19). The Labute approximate surface area is 139 Å². The number of rotatable bonds is 9. The summed E-state index contributed by atoms with van der Waals surface area (Å²) >= 11 is 1.36. The molecule has 0 radical (unpaired) electrons. The average molecular weight is 339 g/mol. The molecular formula is C15H21N3O4S. The summed E-state index contributed by atoms with van der Waals surface area (Å²) in [6, 6.07) is 0. The lowest BCUT2D eigenvalue weighted by molar-refractivity contribution is -0.145. The number of hydrogen-bond acceptors (Lipinski definition) is 6. The van der Waals surface area contributed by atoms with Crippen molar-refractivity contribution in [3.05, 3.63) is 23.7 Å². The van der Waals surface area contributed by atoms with Gasteiger partial charge in [0, 0.05) is 24.0 Å². The second kappa shape index (κ2) is 9.73. The molecule has 0 aromatic carbocycles. The monoisotopic (exact) mass is 339 g/mol. The van der Waals surface area contributed by atoms with E-state index in [4.69, 9.17) is 4.74 Å². The molecule has 0 saturated heterocycles. The van der Waals surface area contributed by atoms with Crippen molar-refractivity contribution >= 4 is 34.3 Å². The van der Waals surface area contributed by atoms with Gasteiger partial charge >= 0.3 is 5.97 Å². The van der Waals surface area contributed by atoms with Crippen LogP contribution in [-0.4, -0.2) is 47.4 Å². The Bertz CT molecular complexity index is 571. The summed E-state index contributed by atoms with van der Waals surface area (Å²) in [6.07, 6.45) is 3.18. The zero-order valence-electron chi connectivity index (χ0n) is 13.3. The predicted molar refractivity (Wildman–Crippen MR) is 88.1 cm³/mol. The van der Waals surface area contributed by atoms with E-state index in [2.05, 4.69) is 16.9 Å². The van der Waals surface area contributed by atoms with Gasteiger partial charge in [-0.15, -0.1) is 17.9 Å². The number of aryl methyl sites for hydroxylation is 1. The van der Waals surface area contributed by atoms with Crippen LogP contribution < -0.4 is 5.32 Å². The molecule has 1 aromatic rings. The van der Waals surface area contributed by atoms with Crippen molar-refractivity contribution in [3.8, 4) is 0 Å². The third-order valence-corrected chi connectivity index (χ3v) is 3.58. The molecule has 0 aliphatic heterocycles. The predicted octanol–water partition coefficient (Wildman–Crippen LogP) is 1.75. The van der Waals surface area contributed by atoms with Gasteiger partial charge in [0.1, 0.15) is 6.54 Å². The topological polar surface area (TPSA) is 88.6 Å². The molecule has 1 aromatic heterocycles. The van der Waals surface area contributed by atoms with Gasteiger partial charge < -0.3 is 15.0 Å². The lowest BCUT2D eigenvalue weighted by Crippen LogP contribution is -2.38. The minimum atomic E-state index is -0.429. The third-order valence-electron chi connectivity index (χ3n) is 2.75. The minimum Gasteiger partial charge on any atom is -0.466 e. The maximum Gasteiger partial charge on any atom is 0.306 e. The number of anilines is 1. The highest BCUT2D eigenvalue weighted by atomic mass is 32.1. The van der Waals surface area contributed by atoms with Gasteiger partial charge in [0.25, 0.3) is 0 Å². The van der Waals surface area contributed by atoms with Gasteiger partial charge in [-0.3, -0.25) is 14.4 Å². The second-order valence-corrected chi connectivity index (χ2v) is 5.93. The van der Waals surface area contributed by atoms with Gasteiger partial charge in [0.2, 0.25) is 11.8 Å². The molecule has 0 unspecified atom stereocenters. The second-order valence-electron chi connectivity index (χ2n) is 4.69. The lowest BCUT2D eigenvalue weighted by atomic mass is 10.2. The highest BCUT2D eigenvalue weighted by Gasteiger charge is 2.18. The Morgan fingerprint density at radius 3 is 2.74 bits per heavy atom. The van der Waals surface area contributed by atoms with Crippen LogP contribution in [0.2, 0.25) is 0 Å². The van der Waals surface area contributed by atoms with Gasteiger partial charge in [-0.05, 0) is 13.8 Å². The van der Waals surface area contributed by atoms with Crippen LogP contribution in [0.5, 0.6) is 0 Å². The van der Waals surface area contributed by atoms with E-state index in [1.54, 1.807) is 13.1 Å². The zero-order chi connectivity index (χ0) is 17.2. The Morgan fingerprint density at radius 1 is 1.43 bits per heavy atom. The van der Waals surface area contributed by atoms with Crippen LogP contribution in [0.1, 0.15) is 24.6 Å². The van der Waals surface area contributed by atoms with E-state index in [0.29, 0.717) is 5.13 Å². The zero-order valence-corrected chi connectivity index (χ0v) is 14.1. The molecule has 0 aliphatic rings. The molecule has 1 N–H and O–H groups in total. The summed E-state index contributed by atoms with van der Waals surface area (Å²) in [5.41, 5.74) is 0. The van der Waals surface area contributed by atoms with E-state index < -0.39 is 5.97 Å². The average Bonchev–Trinajstić information content (AvgIpc) is 2.89. The van der Waals surface area contributed by atoms with Crippen LogP contribution in [0.15, 0.2) is 18.9 Å². The van der Waals surface area contributed by atoms with Crippen molar-refractivity contribution in [3.63, 3.8) is 0 Å². The first-order chi connectivity index (χ1) is 11.0. The van der Waals surface area contributed by atoms with E-state index in [-0.39, 0.29) is 44.4 Å². The summed E-state index contributed by atoms with van der Waals surface area (Å²) in [5.74, 6) is -1.07. The SMILES string of the molecule is C=CCN(CC(=O)Nc1ncc(C)s1)C(=O)CCC(=O)OCC. The Kier molecular flexibility index (Phi) is 7.96. The van der Waals surface area contributed by atoms with Crippen LogP contribution >= 0.6 is 11.3 Å². The van der Waals surface area contributed by atoms with Crippen LogP contribution in [0.4, 0.5) is 5.13 Å². The van der Waals surface area contributed by atoms with Gasteiger partial charge in [-0.25, -0.2) is 4.98 Å². The fraction of sp³-hybridized carbons (Fsp3) is 0.467. The van der Waals surface area contributed by atoms with E-state index in [9.17, 15) is 14.4 Å². The molecular weight excluding hydrogens is 318 g/mol. The van der Waals surface area contributed by atoms with Crippen molar-refractivity contribution in [1.82, 2.24) is 9.88 Å². The Morgan fingerprint density at radius 2 is 2.17 bits per heavy atom. The van der Waals surface area contributed by atoms with Crippen LogP contribution in [0, 0.1) is 6.92 Å². The summed E-state index contributed by atoms with van der Waals surface area (Å²) < 4.78 is 4.78. The summed E-state index contributed by atoms with van der Waals surface area (Å²) in [7, 11) is 0. The Balaban J connectivity index is 2.52. The molecule has 1 rings (SSSR count). The van der Waals surface area contributed by atoms with Crippen LogP contribution in [-0.2, 0) is 19.1 Å². The van der Waals surface area contributed by atoms with Crippen molar-refractivity contribution in [2.45, 2.75) is 26.7 Å². The van der Waals surface area contributed by atoms with Crippen molar-refractivity contribution in [1.29, 1.82) is 0 Å². The van der Waals surface area contributed by atoms with Gasteiger partial charge in [-0.2, -0.15) is 0 Å². The first-order valence-corrected chi connectivity index (χ1v) is 8.04. The van der Waals surface area contributed by atoms with Crippen molar-refractivity contribution in [2.24, 2.45) is 0 Å². The fourth-order valence-corrected chi connectivity index (χ4v) is 2.44. The van der Waals surface area contributed by atoms with Crippen LogP contribution in [0.25, 0.3) is 0 Å². The number of carbonyl (C=O) groups excluding carboxylic acids is 3. The molecule has 2 amide bonds. The van der Waals surface area contributed by atoms with E-state index in [0.717, 1.165) is 4.88 Å². The van der Waals surface area contributed by atoms with E-state index >= 15 is 0 Å². The maximum atomic E-state index is 12.1. The normalized spacial score (nSPS) is 10.0.